The van der Waals surface area contributed by atoms with Crippen molar-refractivity contribution in [3.05, 3.63) is 35.5 Å². The molecule has 0 aromatic rings. The van der Waals surface area contributed by atoms with Gasteiger partial charge >= 0.3 is 23.9 Å². The molecule has 2 aliphatic heterocycles. The van der Waals surface area contributed by atoms with Gasteiger partial charge in [0.1, 0.15) is 0 Å². The summed E-state index contributed by atoms with van der Waals surface area (Å²) in [4.78, 5) is 50.9. The van der Waals surface area contributed by atoms with Gasteiger partial charge in [-0.25, -0.2) is 9.59 Å². The fourth-order valence-corrected chi connectivity index (χ4v) is 15.7. The van der Waals surface area contributed by atoms with Crippen molar-refractivity contribution in [3.8, 4) is 0 Å². The molecule has 8 heteroatoms. The summed E-state index contributed by atoms with van der Waals surface area (Å²) in [7, 11) is -2.14. The van der Waals surface area contributed by atoms with Crippen molar-refractivity contribution in [2.24, 2.45) is 46.3 Å². The zero-order valence-corrected chi connectivity index (χ0v) is 31.1. The Kier molecular flexibility index (Phi) is 9.14. The largest absolute Gasteiger partial charge is 0.390 e. The first-order valence-electron chi connectivity index (χ1n) is 18.3. The van der Waals surface area contributed by atoms with Crippen molar-refractivity contribution in [3.63, 3.8) is 0 Å². The molecular weight excluding hydrogens is 609 g/mol. The maximum atomic E-state index is 13.0. The van der Waals surface area contributed by atoms with Crippen LogP contribution in [0.1, 0.15) is 78.1 Å². The average molecular weight is 665 g/mol. The highest BCUT2D eigenvalue weighted by Gasteiger charge is 2.53. The summed E-state index contributed by atoms with van der Waals surface area (Å²) in [5.41, 5.74) is 3.71. The molecule has 0 aromatic heterocycles. The lowest BCUT2D eigenvalue weighted by Gasteiger charge is -2.46. The Morgan fingerprint density at radius 3 is 1.28 bits per heavy atom. The van der Waals surface area contributed by atoms with E-state index in [1.807, 2.05) is 0 Å². The molecule has 2 saturated carbocycles. The second kappa shape index (κ2) is 12.4. The lowest BCUT2D eigenvalue weighted by atomic mass is 9.68. The van der Waals surface area contributed by atoms with E-state index in [1.165, 1.54) is 49.9 Å². The van der Waals surface area contributed by atoms with E-state index in [-0.39, 0.29) is 34.5 Å². The summed E-state index contributed by atoms with van der Waals surface area (Å²) in [6.45, 7) is 14.6. The molecule has 6 unspecified atom stereocenters. The van der Waals surface area contributed by atoms with Gasteiger partial charge < -0.3 is 9.47 Å². The number of carbonyl (C=O) groups excluding carboxylic acids is 4. The molecule has 6 aliphatic rings. The third kappa shape index (κ3) is 6.38. The molecule has 6 nitrogen and oxygen atoms in total. The minimum Gasteiger partial charge on any atom is -0.390 e. The van der Waals surface area contributed by atoms with Crippen LogP contribution in [-0.2, 0) is 28.7 Å². The number of rotatable bonds is 8. The molecule has 6 rings (SSSR count). The number of hydrogen-bond donors (Lipinski definition) is 0. The zero-order valence-electron chi connectivity index (χ0n) is 29.1. The quantitative estimate of drug-likeness (QED) is 0.0849. The van der Waals surface area contributed by atoms with Gasteiger partial charge in [-0.2, -0.15) is 0 Å². The van der Waals surface area contributed by atoms with Crippen LogP contribution in [0.15, 0.2) is 35.5 Å². The van der Waals surface area contributed by atoms with Crippen molar-refractivity contribution in [1.29, 1.82) is 0 Å². The summed E-state index contributed by atoms with van der Waals surface area (Å²) >= 11 is 0. The van der Waals surface area contributed by atoms with E-state index in [0.717, 1.165) is 50.7 Å². The Morgan fingerprint density at radius 2 is 1.00 bits per heavy atom. The lowest BCUT2D eigenvalue weighted by Crippen LogP contribution is -2.39. The monoisotopic (exact) mass is 664 g/mol. The fourth-order valence-electron chi connectivity index (χ4n) is 10.6. The van der Waals surface area contributed by atoms with Crippen LogP contribution in [0.5, 0.6) is 0 Å². The van der Waals surface area contributed by atoms with Gasteiger partial charge in [-0.05, 0) is 98.7 Å². The van der Waals surface area contributed by atoms with E-state index in [4.69, 9.17) is 9.47 Å². The van der Waals surface area contributed by atoms with E-state index >= 15 is 0 Å². The van der Waals surface area contributed by atoms with E-state index in [0.29, 0.717) is 11.8 Å². The van der Waals surface area contributed by atoms with Crippen LogP contribution in [0.2, 0.25) is 50.4 Å². The van der Waals surface area contributed by atoms with Crippen LogP contribution in [0.3, 0.4) is 0 Å². The maximum absolute atomic E-state index is 13.0. The topological polar surface area (TPSA) is 86.7 Å². The molecule has 4 fully saturated rings. The van der Waals surface area contributed by atoms with Crippen LogP contribution in [0, 0.1) is 46.3 Å². The first-order chi connectivity index (χ1) is 21.7. The summed E-state index contributed by atoms with van der Waals surface area (Å²) < 4.78 is 10.3. The van der Waals surface area contributed by atoms with E-state index < -0.39 is 40.0 Å². The fraction of sp³-hybridized carbons (Fsp3) is 0.737. The third-order valence-electron chi connectivity index (χ3n) is 14.0. The average Bonchev–Trinajstić information content (AvgIpc) is 3.82. The first-order valence-corrected chi connectivity index (χ1v) is 25.2. The minimum absolute atomic E-state index is 0.123. The van der Waals surface area contributed by atoms with E-state index in [1.54, 1.807) is 11.1 Å². The highest BCUT2D eigenvalue weighted by Crippen LogP contribution is 2.60. The molecule has 4 bridgehead atoms. The zero-order chi connectivity index (χ0) is 33.1. The predicted octanol–water partition coefficient (Wildman–Crippen LogP) is 8.64. The number of hydrogen-bond acceptors (Lipinski definition) is 6. The van der Waals surface area contributed by atoms with Crippen molar-refractivity contribution < 1.29 is 28.7 Å². The van der Waals surface area contributed by atoms with Gasteiger partial charge in [-0.15, -0.1) is 0 Å². The predicted molar refractivity (Wildman–Crippen MR) is 185 cm³/mol. The Morgan fingerprint density at radius 1 is 0.652 bits per heavy atom. The minimum atomic E-state index is -1.07. The highest BCUT2D eigenvalue weighted by molar-refractivity contribution is 6.78. The maximum Gasteiger partial charge on any atom is 0.338 e. The molecule has 2 heterocycles. The van der Waals surface area contributed by atoms with Crippen molar-refractivity contribution in [1.82, 2.24) is 0 Å². The number of fused-ring (bicyclic) bond motifs is 4. The highest BCUT2D eigenvalue weighted by atomic mass is 28.3. The molecule has 2 saturated heterocycles. The van der Waals surface area contributed by atoms with Crippen LogP contribution < -0.4 is 0 Å². The number of esters is 4. The molecule has 0 N–H and O–H groups in total. The van der Waals surface area contributed by atoms with Crippen molar-refractivity contribution in [2.45, 2.75) is 128 Å². The van der Waals surface area contributed by atoms with Gasteiger partial charge in [0.05, 0.1) is 11.8 Å². The Hall–Kier alpha value is -2.07. The van der Waals surface area contributed by atoms with Crippen LogP contribution in [-0.4, -0.2) is 40.0 Å². The molecule has 0 amide bonds. The molecule has 252 valence electrons. The van der Waals surface area contributed by atoms with E-state index in [9.17, 15) is 19.2 Å². The first kappa shape index (κ1) is 33.8. The van der Waals surface area contributed by atoms with Gasteiger partial charge in [0, 0.05) is 28.3 Å². The van der Waals surface area contributed by atoms with Crippen LogP contribution >= 0.6 is 0 Å². The third-order valence-corrected chi connectivity index (χ3v) is 20.4. The molecule has 0 radical (unpaired) electrons. The number of allylic oxidation sites excluding steroid dienone is 4. The second-order valence-electron chi connectivity index (χ2n) is 17.5. The van der Waals surface area contributed by atoms with Crippen LogP contribution in [0.25, 0.3) is 0 Å². The molecule has 46 heavy (non-hydrogen) atoms. The van der Waals surface area contributed by atoms with Gasteiger partial charge in [0.2, 0.25) is 0 Å². The molecular formula is C38H56O6Si2. The molecule has 0 aromatic carbocycles. The standard InChI is InChI=1S/C38H56O6Si2/c1-7-37(11-15-45(3,4)16-12-37)31-23-25-19-27(31)21-29(25)35(41)43-33(39)9-10-34(40)44-36(42)30-22-28-20-26(30)24-32(28)38(8-2)13-17-46(5,6)18-14-38/h9-10,23-30H,7-8,11-22H2,1-6H3/b10-9-. The van der Waals surface area contributed by atoms with Crippen molar-refractivity contribution >= 4 is 40.0 Å². The Labute approximate surface area is 278 Å². The smallest absolute Gasteiger partial charge is 0.338 e. The normalized spacial score (nSPS) is 34.7. The van der Waals surface area contributed by atoms with Gasteiger partial charge in [-0.3, -0.25) is 9.59 Å². The Balaban J connectivity index is 0.980. The second-order valence-corrected chi connectivity index (χ2v) is 28.2. The summed E-state index contributed by atoms with van der Waals surface area (Å²) in [5, 5.41) is 0. The van der Waals surface area contributed by atoms with Gasteiger partial charge in [-0.1, -0.05) is 87.5 Å². The Bertz CT molecular complexity index is 1250. The van der Waals surface area contributed by atoms with Gasteiger partial charge in [0.15, 0.2) is 0 Å². The summed E-state index contributed by atoms with van der Waals surface area (Å²) in [6, 6.07) is 5.48. The molecule has 6 atom stereocenters. The molecule has 4 aliphatic carbocycles. The van der Waals surface area contributed by atoms with Gasteiger partial charge in [0.25, 0.3) is 0 Å². The van der Waals surface area contributed by atoms with Crippen LogP contribution in [0.4, 0.5) is 0 Å². The SMILES string of the molecule is CCC1(C2=CC3CC2CC3C(=O)OC(=O)/C=C\C(=O)OC(=O)C2CC3CC2C=C3C2(CC)CC[Si](C)(C)CC2)CC[Si](C)(C)CC1. The lowest BCUT2D eigenvalue weighted by molar-refractivity contribution is -0.162. The summed E-state index contributed by atoms with van der Waals surface area (Å²) in [5.74, 6) is -2.37. The van der Waals surface area contributed by atoms with E-state index in [2.05, 4.69) is 52.2 Å². The molecule has 0 spiro atoms. The number of ether oxygens (including phenoxy) is 2. The number of carbonyl (C=O) groups is 4. The van der Waals surface area contributed by atoms with Crippen molar-refractivity contribution in [2.75, 3.05) is 0 Å². The summed E-state index contributed by atoms with van der Waals surface area (Å²) in [6.07, 6.45) is 17.3.